The van der Waals surface area contributed by atoms with Gasteiger partial charge in [-0.15, -0.1) is 11.3 Å². The van der Waals surface area contributed by atoms with Gasteiger partial charge in [-0.3, -0.25) is 4.79 Å². The zero-order chi connectivity index (χ0) is 15.5. The largest absolute Gasteiger partial charge is 0.497 e. The molecule has 22 heavy (non-hydrogen) atoms. The Morgan fingerprint density at radius 3 is 2.73 bits per heavy atom. The molecule has 7 heteroatoms. The summed E-state index contributed by atoms with van der Waals surface area (Å²) in [6.45, 7) is 0. The van der Waals surface area contributed by atoms with Gasteiger partial charge in [0.1, 0.15) is 11.5 Å². The quantitative estimate of drug-likeness (QED) is 0.773. The molecule has 0 fully saturated rings. The van der Waals surface area contributed by atoms with E-state index in [4.69, 9.17) is 9.47 Å². The highest BCUT2D eigenvalue weighted by molar-refractivity contribution is 7.13. The molecule has 0 amide bonds. The molecule has 3 aromatic rings. The second-order valence-electron chi connectivity index (χ2n) is 4.33. The summed E-state index contributed by atoms with van der Waals surface area (Å²) >= 11 is 1.41. The number of ether oxygens (including phenoxy) is 2. The monoisotopic (exact) mass is 316 g/mol. The number of hydrogen-bond acceptors (Lipinski definition) is 6. The second kappa shape index (κ2) is 5.90. The standard InChI is InChI=1S/C15H12N2O4S/c1-20-9-4-2-5-10(8-9)21-12-14(18)16-13(17-15(12)19)11-6-3-7-22-11/h2-8H,1H3,(H2,16,17,18,19). The molecule has 0 radical (unpaired) electrons. The van der Waals surface area contributed by atoms with E-state index in [2.05, 4.69) is 9.97 Å². The molecule has 0 atom stereocenters. The average molecular weight is 316 g/mol. The van der Waals surface area contributed by atoms with Crippen LogP contribution in [0.2, 0.25) is 0 Å². The Kier molecular flexibility index (Phi) is 3.80. The second-order valence-corrected chi connectivity index (χ2v) is 5.27. The highest BCUT2D eigenvalue weighted by Gasteiger charge is 2.15. The van der Waals surface area contributed by atoms with Crippen LogP contribution in [0, 0.1) is 0 Å². The van der Waals surface area contributed by atoms with Crippen molar-refractivity contribution >= 4 is 11.3 Å². The van der Waals surface area contributed by atoms with Crippen molar-refractivity contribution in [3.05, 3.63) is 52.1 Å². The van der Waals surface area contributed by atoms with Gasteiger partial charge in [0.25, 0.3) is 17.2 Å². The number of nitrogens with one attached hydrogen (secondary N) is 1. The summed E-state index contributed by atoms with van der Waals surface area (Å²) in [4.78, 5) is 19.4. The number of hydrogen-bond donors (Lipinski definition) is 2. The van der Waals surface area contributed by atoms with Crippen LogP contribution in [0.1, 0.15) is 0 Å². The van der Waals surface area contributed by atoms with Gasteiger partial charge in [0.05, 0.1) is 12.0 Å². The number of methoxy groups -OCH3 is 1. The molecule has 0 aliphatic rings. The van der Waals surface area contributed by atoms with Gasteiger partial charge >= 0.3 is 0 Å². The van der Waals surface area contributed by atoms with Crippen molar-refractivity contribution in [1.29, 1.82) is 0 Å². The Morgan fingerprint density at radius 2 is 2.05 bits per heavy atom. The molecule has 0 spiro atoms. The van der Waals surface area contributed by atoms with E-state index in [1.54, 1.807) is 30.3 Å². The fourth-order valence-corrected chi connectivity index (χ4v) is 2.52. The van der Waals surface area contributed by atoms with Crippen LogP contribution in [-0.4, -0.2) is 22.2 Å². The van der Waals surface area contributed by atoms with Gasteiger partial charge in [0, 0.05) is 6.07 Å². The van der Waals surface area contributed by atoms with Crippen LogP contribution < -0.4 is 15.0 Å². The molecular weight excluding hydrogens is 304 g/mol. The fourth-order valence-electron chi connectivity index (χ4n) is 1.85. The predicted octanol–water partition coefficient (Wildman–Crippen LogP) is 3.00. The van der Waals surface area contributed by atoms with Gasteiger partial charge in [-0.25, -0.2) is 0 Å². The van der Waals surface area contributed by atoms with Crippen molar-refractivity contribution < 1.29 is 14.6 Å². The third kappa shape index (κ3) is 2.79. The summed E-state index contributed by atoms with van der Waals surface area (Å²) in [6.07, 6.45) is 0. The topological polar surface area (TPSA) is 84.4 Å². The Morgan fingerprint density at radius 1 is 1.23 bits per heavy atom. The molecule has 0 aliphatic heterocycles. The first-order valence-corrected chi connectivity index (χ1v) is 7.24. The zero-order valence-electron chi connectivity index (χ0n) is 11.6. The summed E-state index contributed by atoms with van der Waals surface area (Å²) in [5.41, 5.74) is -0.557. The van der Waals surface area contributed by atoms with E-state index < -0.39 is 11.4 Å². The van der Waals surface area contributed by atoms with Crippen molar-refractivity contribution in [3.8, 4) is 33.8 Å². The van der Waals surface area contributed by atoms with Crippen LogP contribution in [-0.2, 0) is 0 Å². The normalized spacial score (nSPS) is 10.4. The number of rotatable bonds is 4. The molecule has 0 bridgehead atoms. The first-order chi connectivity index (χ1) is 10.7. The van der Waals surface area contributed by atoms with Gasteiger partial charge in [0.15, 0.2) is 5.82 Å². The van der Waals surface area contributed by atoms with Crippen LogP contribution in [0.4, 0.5) is 0 Å². The smallest absolute Gasteiger partial charge is 0.298 e. The highest BCUT2D eigenvalue weighted by atomic mass is 32.1. The van der Waals surface area contributed by atoms with Gasteiger partial charge in [0.2, 0.25) is 0 Å². The van der Waals surface area contributed by atoms with Crippen LogP contribution in [0.5, 0.6) is 23.1 Å². The molecule has 0 saturated heterocycles. The van der Waals surface area contributed by atoms with Crippen molar-refractivity contribution in [3.63, 3.8) is 0 Å². The van der Waals surface area contributed by atoms with E-state index in [0.29, 0.717) is 17.3 Å². The van der Waals surface area contributed by atoms with Gasteiger partial charge < -0.3 is 19.6 Å². The molecular formula is C15H12N2O4S. The lowest BCUT2D eigenvalue weighted by atomic mass is 10.3. The maximum absolute atomic E-state index is 12.1. The number of nitrogens with zero attached hydrogens (tertiary/aromatic N) is 1. The Bertz CT molecular complexity index is 843. The molecule has 2 N–H and O–H groups in total. The third-order valence-electron chi connectivity index (χ3n) is 2.87. The van der Waals surface area contributed by atoms with Crippen molar-refractivity contribution in [2.75, 3.05) is 7.11 Å². The van der Waals surface area contributed by atoms with Crippen molar-refractivity contribution in [1.82, 2.24) is 9.97 Å². The predicted molar refractivity (Wildman–Crippen MR) is 82.9 cm³/mol. The zero-order valence-corrected chi connectivity index (χ0v) is 12.4. The number of H-pyrrole nitrogens is 1. The summed E-state index contributed by atoms with van der Waals surface area (Å²) in [7, 11) is 1.53. The Balaban J connectivity index is 1.96. The third-order valence-corrected chi connectivity index (χ3v) is 3.75. The average Bonchev–Trinajstić information content (AvgIpc) is 3.05. The number of thiophene rings is 1. The Labute approximate surface area is 129 Å². The van der Waals surface area contributed by atoms with Crippen molar-refractivity contribution in [2.45, 2.75) is 0 Å². The van der Waals surface area contributed by atoms with E-state index >= 15 is 0 Å². The van der Waals surface area contributed by atoms with E-state index in [1.165, 1.54) is 18.4 Å². The summed E-state index contributed by atoms with van der Waals surface area (Å²) < 4.78 is 10.5. The molecule has 2 aromatic heterocycles. The van der Waals surface area contributed by atoms with E-state index in [0.717, 1.165) is 4.88 Å². The van der Waals surface area contributed by atoms with Gasteiger partial charge in [-0.05, 0) is 23.6 Å². The summed E-state index contributed by atoms with van der Waals surface area (Å²) in [5.74, 6) is 0.529. The maximum atomic E-state index is 12.1. The lowest BCUT2D eigenvalue weighted by molar-refractivity contribution is 0.384. The molecule has 112 valence electrons. The first-order valence-electron chi connectivity index (χ1n) is 6.36. The van der Waals surface area contributed by atoms with Gasteiger partial charge in [-0.2, -0.15) is 4.98 Å². The molecule has 2 heterocycles. The number of aromatic amines is 1. The maximum Gasteiger partial charge on any atom is 0.298 e. The molecule has 0 aliphatic carbocycles. The van der Waals surface area contributed by atoms with Gasteiger partial charge in [-0.1, -0.05) is 12.1 Å². The molecule has 3 rings (SSSR count). The first kappa shape index (κ1) is 14.2. The minimum absolute atomic E-state index is 0.256. The molecule has 6 nitrogen and oxygen atoms in total. The fraction of sp³-hybridized carbons (Fsp3) is 0.0667. The van der Waals surface area contributed by atoms with Crippen LogP contribution in [0.3, 0.4) is 0 Å². The Hall–Kier alpha value is -2.80. The van der Waals surface area contributed by atoms with Crippen molar-refractivity contribution in [2.24, 2.45) is 0 Å². The minimum Gasteiger partial charge on any atom is -0.497 e. The van der Waals surface area contributed by atoms with E-state index in [1.807, 2.05) is 11.4 Å². The minimum atomic E-state index is -0.557. The number of aromatic hydroxyl groups is 1. The highest BCUT2D eigenvalue weighted by Crippen LogP contribution is 2.29. The van der Waals surface area contributed by atoms with E-state index in [9.17, 15) is 9.90 Å². The molecule has 0 unspecified atom stereocenters. The van der Waals surface area contributed by atoms with E-state index in [-0.39, 0.29) is 5.75 Å². The number of aromatic nitrogens is 2. The molecule has 1 aromatic carbocycles. The summed E-state index contributed by atoms with van der Waals surface area (Å²) in [5, 5.41) is 11.8. The van der Waals surface area contributed by atoms with Crippen LogP contribution in [0.25, 0.3) is 10.7 Å². The number of benzene rings is 1. The SMILES string of the molecule is COc1cccc(Oc2c(O)nc(-c3cccs3)[nH]c2=O)c1. The van der Waals surface area contributed by atoms with Crippen LogP contribution in [0.15, 0.2) is 46.6 Å². The lowest BCUT2D eigenvalue weighted by Crippen LogP contribution is -2.11. The molecule has 0 saturated carbocycles. The van der Waals surface area contributed by atoms with Crippen LogP contribution >= 0.6 is 11.3 Å². The lowest BCUT2D eigenvalue weighted by Gasteiger charge is -2.08. The summed E-state index contributed by atoms with van der Waals surface area (Å²) in [6, 6.07) is 10.3.